The van der Waals surface area contributed by atoms with Gasteiger partial charge in [-0.15, -0.1) is 0 Å². The molecule has 0 aliphatic rings. The Labute approximate surface area is 93.8 Å². The summed E-state index contributed by atoms with van der Waals surface area (Å²) in [7, 11) is 0. The Morgan fingerprint density at radius 2 is 1.88 bits per heavy atom. The fourth-order valence-electron chi connectivity index (χ4n) is 1.58. The second kappa shape index (κ2) is 4.23. The van der Waals surface area contributed by atoms with Crippen molar-refractivity contribution in [3.63, 3.8) is 0 Å². The number of fused-ring (bicyclic) bond motifs is 1. The molecule has 2 aromatic rings. The molecule has 2 aromatic carbocycles. The zero-order valence-corrected chi connectivity index (χ0v) is 9.07. The monoisotopic (exact) mass is 215 g/mol. The van der Waals surface area contributed by atoms with Gasteiger partial charge in [0, 0.05) is 22.9 Å². The Balaban J connectivity index is 2.54. The molecule has 0 unspecified atom stereocenters. The molecule has 0 bridgehead atoms. The van der Waals surface area contributed by atoms with Crippen LogP contribution in [0.2, 0.25) is 0 Å². The molecule has 0 aromatic heterocycles. The van der Waals surface area contributed by atoms with Gasteiger partial charge in [-0.2, -0.15) is 0 Å². The fourth-order valence-corrected chi connectivity index (χ4v) is 1.58. The molecule has 0 radical (unpaired) electrons. The van der Waals surface area contributed by atoms with Crippen molar-refractivity contribution in [1.82, 2.24) is 0 Å². The molecule has 3 heteroatoms. The van der Waals surface area contributed by atoms with Gasteiger partial charge in [-0.3, -0.25) is 4.79 Å². The van der Waals surface area contributed by atoms with Crippen LogP contribution in [0.5, 0.6) is 5.75 Å². The van der Waals surface area contributed by atoms with Gasteiger partial charge >= 0.3 is 5.97 Å². The van der Waals surface area contributed by atoms with Crippen LogP contribution in [0.3, 0.4) is 0 Å². The van der Waals surface area contributed by atoms with Gasteiger partial charge in [-0.1, -0.05) is 31.2 Å². The average Bonchev–Trinajstić information content (AvgIpc) is 2.33. The quantitative estimate of drug-likeness (QED) is 0.476. The van der Waals surface area contributed by atoms with Crippen LogP contribution in [0.25, 0.3) is 10.8 Å². The lowest BCUT2D eigenvalue weighted by atomic mass is 10.1. The van der Waals surface area contributed by atoms with Crippen LogP contribution in [0.4, 0.5) is 5.69 Å². The van der Waals surface area contributed by atoms with E-state index in [9.17, 15) is 4.79 Å². The van der Waals surface area contributed by atoms with E-state index in [2.05, 4.69) is 0 Å². The second-order valence-corrected chi connectivity index (χ2v) is 3.53. The maximum absolute atomic E-state index is 11.3. The fraction of sp³-hybridized carbons (Fsp3) is 0.154. The standard InChI is InChI=1S/C13H13NO2/c1-2-13(15)16-12-8-7-11(14)9-5-3-4-6-10(9)12/h3-8H,2,14H2,1H3. The molecular formula is C13H13NO2. The molecule has 82 valence electrons. The van der Waals surface area contributed by atoms with Crippen LogP contribution < -0.4 is 10.5 Å². The van der Waals surface area contributed by atoms with Crippen molar-refractivity contribution < 1.29 is 9.53 Å². The van der Waals surface area contributed by atoms with Crippen molar-refractivity contribution >= 4 is 22.4 Å². The summed E-state index contributed by atoms with van der Waals surface area (Å²) in [6, 6.07) is 11.1. The van der Waals surface area contributed by atoms with Crippen LogP contribution in [0.1, 0.15) is 13.3 Å². The third kappa shape index (κ3) is 1.84. The van der Waals surface area contributed by atoms with Crippen molar-refractivity contribution in [2.45, 2.75) is 13.3 Å². The number of hydrogen-bond acceptors (Lipinski definition) is 3. The Morgan fingerprint density at radius 3 is 2.56 bits per heavy atom. The number of esters is 1. The summed E-state index contributed by atoms with van der Waals surface area (Å²) in [5, 5.41) is 1.77. The van der Waals surface area contributed by atoms with Gasteiger partial charge in [0.05, 0.1) is 0 Å². The third-order valence-electron chi connectivity index (χ3n) is 2.43. The first-order chi connectivity index (χ1) is 7.72. The second-order valence-electron chi connectivity index (χ2n) is 3.53. The Bertz CT molecular complexity index is 534. The summed E-state index contributed by atoms with van der Waals surface area (Å²) in [4.78, 5) is 11.3. The van der Waals surface area contributed by atoms with E-state index in [-0.39, 0.29) is 5.97 Å². The molecule has 16 heavy (non-hydrogen) atoms. The molecule has 0 amide bonds. The minimum atomic E-state index is -0.241. The Kier molecular flexibility index (Phi) is 2.77. The predicted molar refractivity (Wildman–Crippen MR) is 64.3 cm³/mol. The largest absolute Gasteiger partial charge is 0.426 e. The van der Waals surface area contributed by atoms with Crippen LogP contribution in [-0.2, 0) is 4.79 Å². The van der Waals surface area contributed by atoms with Crippen LogP contribution in [0, 0.1) is 0 Å². The van der Waals surface area contributed by atoms with Gasteiger partial charge < -0.3 is 10.5 Å². The molecule has 0 aliphatic heterocycles. The van der Waals surface area contributed by atoms with E-state index in [1.54, 1.807) is 19.1 Å². The highest BCUT2D eigenvalue weighted by atomic mass is 16.5. The highest BCUT2D eigenvalue weighted by Gasteiger charge is 2.07. The van der Waals surface area contributed by atoms with E-state index < -0.39 is 0 Å². The first-order valence-electron chi connectivity index (χ1n) is 5.20. The maximum atomic E-state index is 11.3. The normalized spacial score (nSPS) is 10.3. The van der Waals surface area contributed by atoms with Crippen LogP contribution in [-0.4, -0.2) is 5.97 Å². The van der Waals surface area contributed by atoms with E-state index in [1.165, 1.54) is 0 Å². The molecule has 0 atom stereocenters. The van der Waals surface area contributed by atoms with E-state index in [0.29, 0.717) is 17.9 Å². The van der Waals surface area contributed by atoms with Crippen molar-refractivity contribution in [3.8, 4) is 5.75 Å². The molecule has 0 heterocycles. The lowest BCUT2D eigenvalue weighted by molar-refractivity contribution is -0.133. The van der Waals surface area contributed by atoms with Crippen LogP contribution >= 0.6 is 0 Å². The van der Waals surface area contributed by atoms with E-state index in [0.717, 1.165) is 10.8 Å². The molecule has 0 saturated heterocycles. The summed E-state index contributed by atoms with van der Waals surface area (Å²) in [6.07, 6.45) is 0.360. The Hall–Kier alpha value is -2.03. The number of carbonyl (C=O) groups excluding carboxylic acids is 1. The summed E-state index contributed by atoms with van der Waals surface area (Å²) in [5.74, 6) is 0.326. The maximum Gasteiger partial charge on any atom is 0.310 e. The van der Waals surface area contributed by atoms with Crippen molar-refractivity contribution in [2.24, 2.45) is 0 Å². The van der Waals surface area contributed by atoms with Gasteiger partial charge in [-0.25, -0.2) is 0 Å². The number of carbonyl (C=O) groups is 1. The number of nitrogens with two attached hydrogens (primary N) is 1. The molecule has 0 spiro atoms. The zero-order chi connectivity index (χ0) is 11.5. The van der Waals surface area contributed by atoms with Gasteiger partial charge in [0.15, 0.2) is 0 Å². The topological polar surface area (TPSA) is 52.3 Å². The van der Waals surface area contributed by atoms with Gasteiger partial charge in [0.25, 0.3) is 0 Å². The van der Waals surface area contributed by atoms with E-state index >= 15 is 0 Å². The number of rotatable bonds is 2. The molecule has 2 N–H and O–H groups in total. The van der Waals surface area contributed by atoms with Crippen LogP contribution in [0.15, 0.2) is 36.4 Å². The highest BCUT2D eigenvalue weighted by Crippen LogP contribution is 2.29. The molecule has 0 aliphatic carbocycles. The predicted octanol–water partition coefficient (Wildman–Crippen LogP) is 2.74. The van der Waals surface area contributed by atoms with Crippen molar-refractivity contribution in [2.75, 3.05) is 5.73 Å². The van der Waals surface area contributed by atoms with Gasteiger partial charge in [0.2, 0.25) is 0 Å². The molecule has 0 saturated carbocycles. The Morgan fingerprint density at radius 1 is 1.19 bits per heavy atom. The number of nitrogen functional groups attached to an aromatic ring is 1. The van der Waals surface area contributed by atoms with Crippen molar-refractivity contribution in [3.05, 3.63) is 36.4 Å². The summed E-state index contributed by atoms with van der Waals surface area (Å²) < 4.78 is 5.24. The third-order valence-corrected chi connectivity index (χ3v) is 2.43. The SMILES string of the molecule is CCC(=O)Oc1ccc(N)c2ccccc12. The molecule has 2 rings (SSSR count). The van der Waals surface area contributed by atoms with E-state index in [1.807, 2.05) is 24.3 Å². The number of anilines is 1. The van der Waals surface area contributed by atoms with E-state index in [4.69, 9.17) is 10.5 Å². The van der Waals surface area contributed by atoms with Crippen molar-refractivity contribution in [1.29, 1.82) is 0 Å². The first-order valence-corrected chi connectivity index (χ1v) is 5.20. The smallest absolute Gasteiger partial charge is 0.310 e. The molecule has 3 nitrogen and oxygen atoms in total. The summed E-state index contributed by atoms with van der Waals surface area (Å²) in [5.41, 5.74) is 6.53. The zero-order valence-electron chi connectivity index (χ0n) is 9.07. The average molecular weight is 215 g/mol. The summed E-state index contributed by atoms with van der Waals surface area (Å²) >= 11 is 0. The lowest BCUT2D eigenvalue weighted by Gasteiger charge is -2.08. The number of benzene rings is 2. The highest BCUT2D eigenvalue weighted by molar-refractivity contribution is 5.98. The number of hydrogen-bond donors (Lipinski definition) is 1. The molecular weight excluding hydrogens is 202 g/mol. The number of ether oxygens (including phenoxy) is 1. The minimum absolute atomic E-state index is 0.241. The summed E-state index contributed by atoms with van der Waals surface area (Å²) in [6.45, 7) is 1.77. The lowest BCUT2D eigenvalue weighted by Crippen LogP contribution is -2.06. The van der Waals surface area contributed by atoms with Gasteiger partial charge in [0.1, 0.15) is 5.75 Å². The first kappa shape index (κ1) is 10.5. The molecule has 0 fully saturated rings. The minimum Gasteiger partial charge on any atom is -0.426 e. The van der Waals surface area contributed by atoms with Gasteiger partial charge in [-0.05, 0) is 12.1 Å².